The summed E-state index contributed by atoms with van der Waals surface area (Å²) in [5.41, 5.74) is 2.67. The third-order valence-corrected chi connectivity index (χ3v) is 3.99. The van der Waals surface area contributed by atoms with Gasteiger partial charge in [0.1, 0.15) is 0 Å². The number of rotatable bonds is 1. The molecule has 2 aliphatic rings. The van der Waals surface area contributed by atoms with Crippen LogP contribution in [0.25, 0.3) is 0 Å². The Balaban J connectivity index is 1.85. The molecule has 0 spiro atoms. The van der Waals surface area contributed by atoms with Crippen molar-refractivity contribution in [2.75, 3.05) is 18.8 Å². The average Bonchev–Trinajstić information content (AvgIpc) is 2.78. The van der Waals surface area contributed by atoms with E-state index in [-0.39, 0.29) is 0 Å². The lowest BCUT2D eigenvalue weighted by Gasteiger charge is -2.12. The lowest BCUT2D eigenvalue weighted by molar-refractivity contribution is 0.464. The molecule has 0 saturated carbocycles. The van der Waals surface area contributed by atoms with Crippen molar-refractivity contribution in [1.82, 2.24) is 4.90 Å². The van der Waals surface area contributed by atoms with Gasteiger partial charge in [-0.15, -0.1) is 0 Å². The Labute approximate surface area is 94.4 Å². The van der Waals surface area contributed by atoms with E-state index in [2.05, 4.69) is 36.1 Å². The Kier molecular flexibility index (Phi) is 2.20. The summed E-state index contributed by atoms with van der Waals surface area (Å²) in [6.07, 6.45) is 0. The molecule has 0 unspecified atom stereocenters. The number of hydrogen-bond acceptors (Lipinski definition) is 3. The molecule has 1 atom stereocenters. The van der Waals surface area contributed by atoms with E-state index in [1.54, 1.807) is 0 Å². The summed E-state index contributed by atoms with van der Waals surface area (Å²) in [6, 6.07) is 9.12. The van der Waals surface area contributed by atoms with Crippen LogP contribution in [0.1, 0.15) is 17.2 Å². The van der Waals surface area contributed by atoms with E-state index < -0.39 is 0 Å². The van der Waals surface area contributed by atoms with Gasteiger partial charge in [-0.3, -0.25) is 4.99 Å². The summed E-state index contributed by atoms with van der Waals surface area (Å²) in [5, 5.41) is 1.25. The number of nitrogens with zero attached hydrogens (tertiary/aromatic N) is 2. The monoisotopic (exact) mass is 218 g/mol. The topological polar surface area (TPSA) is 15.6 Å². The van der Waals surface area contributed by atoms with E-state index in [4.69, 9.17) is 4.99 Å². The van der Waals surface area contributed by atoms with Crippen LogP contribution in [-0.4, -0.2) is 28.9 Å². The lowest BCUT2D eigenvalue weighted by atomic mass is 10.1. The van der Waals surface area contributed by atoms with E-state index in [0.29, 0.717) is 6.04 Å². The molecule has 0 radical (unpaired) electrons. The molecule has 3 heteroatoms. The minimum absolute atomic E-state index is 0.369. The van der Waals surface area contributed by atoms with Gasteiger partial charge in [0.15, 0.2) is 5.17 Å². The third-order valence-electron chi connectivity index (χ3n) is 2.98. The van der Waals surface area contributed by atoms with Gasteiger partial charge in [-0.25, -0.2) is 0 Å². The Bertz CT molecular complexity index is 397. The van der Waals surface area contributed by atoms with Crippen molar-refractivity contribution >= 4 is 16.9 Å². The van der Waals surface area contributed by atoms with Crippen molar-refractivity contribution < 1.29 is 0 Å². The van der Waals surface area contributed by atoms with Crippen LogP contribution in [0.5, 0.6) is 0 Å². The first-order chi connectivity index (χ1) is 7.33. The molecule has 1 fully saturated rings. The van der Waals surface area contributed by atoms with E-state index in [1.165, 1.54) is 28.6 Å². The Morgan fingerprint density at radius 1 is 1.33 bits per heavy atom. The van der Waals surface area contributed by atoms with Crippen molar-refractivity contribution in [2.24, 2.45) is 4.99 Å². The Morgan fingerprint density at radius 3 is 2.87 bits per heavy atom. The molecule has 1 aromatic rings. The predicted molar refractivity (Wildman–Crippen MR) is 65.4 cm³/mol. The number of aliphatic imine (C=N–C) groups is 1. The quantitative estimate of drug-likeness (QED) is 0.719. The van der Waals surface area contributed by atoms with Crippen LogP contribution < -0.4 is 0 Å². The van der Waals surface area contributed by atoms with Crippen LogP contribution in [0.3, 0.4) is 0 Å². The van der Waals surface area contributed by atoms with Crippen LogP contribution in [-0.2, 0) is 0 Å². The number of benzene rings is 1. The van der Waals surface area contributed by atoms with Crippen LogP contribution in [0, 0.1) is 6.92 Å². The maximum atomic E-state index is 4.76. The number of amidine groups is 1. The summed E-state index contributed by atoms with van der Waals surface area (Å²) < 4.78 is 0. The molecule has 15 heavy (non-hydrogen) atoms. The van der Waals surface area contributed by atoms with Gasteiger partial charge in [0.25, 0.3) is 0 Å². The van der Waals surface area contributed by atoms with Gasteiger partial charge in [-0.1, -0.05) is 41.6 Å². The summed E-state index contributed by atoms with van der Waals surface area (Å²) in [5.74, 6) is 1.21. The molecule has 2 aliphatic heterocycles. The van der Waals surface area contributed by atoms with Gasteiger partial charge in [-0.05, 0) is 12.5 Å². The predicted octanol–water partition coefficient (Wildman–Crippen LogP) is 2.45. The largest absolute Gasteiger partial charge is 0.348 e. The van der Waals surface area contributed by atoms with Crippen molar-refractivity contribution in [3.05, 3.63) is 35.4 Å². The molecule has 0 aliphatic carbocycles. The fraction of sp³-hybridized carbons (Fsp3) is 0.417. The first-order valence-corrected chi connectivity index (χ1v) is 6.33. The zero-order chi connectivity index (χ0) is 10.3. The smallest absolute Gasteiger partial charge is 0.160 e. The van der Waals surface area contributed by atoms with Gasteiger partial charge >= 0.3 is 0 Å². The van der Waals surface area contributed by atoms with Crippen molar-refractivity contribution in [1.29, 1.82) is 0 Å². The molecule has 0 aromatic heterocycles. The Hall–Kier alpha value is -0.960. The van der Waals surface area contributed by atoms with Gasteiger partial charge in [0.05, 0.1) is 6.04 Å². The minimum atomic E-state index is 0.369. The highest BCUT2D eigenvalue weighted by Gasteiger charge is 2.29. The van der Waals surface area contributed by atoms with Crippen LogP contribution in [0.4, 0.5) is 0 Å². The second-order valence-electron chi connectivity index (χ2n) is 4.13. The number of hydrogen-bond donors (Lipinski definition) is 0. The summed E-state index contributed by atoms with van der Waals surface area (Å²) >= 11 is 1.89. The van der Waals surface area contributed by atoms with Gasteiger partial charge in [0.2, 0.25) is 0 Å². The lowest BCUT2D eigenvalue weighted by Crippen LogP contribution is -2.21. The zero-order valence-corrected chi connectivity index (χ0v) is 9.63. The molecule has 1 saturated heterocycles. The zero-order valence-electron chi connectivity index (χ0n) is 8.81. The van der Waals surface area contributed by atoms with Crippen LogP contribution >= 0.6 is 11.8 Å². The van der Waals surface area contributed by atoms with Crippen molar-refractivity contribution in [3.63, 3.8) is 0 Å². The second-order valence-corrected chi connectivity index (χ2v) is 5.19. The van der Waals surface area contributed by atoms with Gasteiger partial charge in [-0.2, -0.15) is 0 Å². The fourth-order valence-corrected chi connectivity index (χ4v) is 3.12. The molecule has 1 aromatic carbocycles. The first kappa shape index (κ1) is 9.28. The minimum Gasteiger partial charge on any atom is -0.348 e. The highest BCUT2D eigenvalue weighted by molar-refractivity contribution is 8.14. The molecule has 0 amide bonds. The standard InChI is InChI=1S/C12H14N2S/c1-9-2-4-10(5-3-9)11-8-14-6-7-15-12(14)13-11/h2-5,11H,6-8H2,1H3/t11-/m1/s1. The first-order valence-electron chi connectivity index (χ1n) is 5.35. The van der Waals surface area contributed by atoms with E-state index in [9.17, 15) is 0 Å². The van der Waals surface area contributed by atoms with Crippen LogP contribution in [0.15, 0.2) is 29.3 Å². The molecule has 2 nitrogen and oxygen atoms in total. The third kappa shape index (κ3) is 1.65. The van der Waals surface area contributed by atoms with Crippen LogP contribution in [0.2, 0.25) is 0 Å². The molecule has 0 N–H and O–H groups in total. The number of fused-ring (bicyclic) bond motifs is 1. The molecule has 2 heterocycles. The maximum absolute atomic E-state index is 4.76. The van der Waals surface area contributed by atoms with Crippen molar-refractivity contribution in [2.45, 2.75) is 13.0 Å². The van der Waals surface area contributed by atoms with Crippen molar-refractivity contribution in [3.8, 4) is 0 Å². The summed E-state index contributed by atoms with van der Waals surface area (Å²) in [7, 11) is 0. The Morgan fingerprint density at radius 2 is 2.13 bits per heavy atom. The van der Waals surface area contributed by atoms with Gasteiger partial charge < -0.3 is 4.90 Å². The fourth-order valence-electron chi connectivity index (χ4n) is 2.07. The highest BCUT2D eigenvalue weighted by Crippen LogP contribution is 2.32. The average molecular weight is 218 g/mol. The molecule has 0 bridgehead atoms. The number of aryl methyl sites for hydroxylation is 1. The molecule has 3 rings (SSSR count). The SMILES string of the molecule is Cc1ccc([C@H]2CN3CCSC3=N2)cc1. The van der Waals surface area contributed by atoms with Gasteiger partial charge in [0, 0.05) is 18.8 Å². The molecular weight excluding hydrogens is 204 g/mol. The normalized spacial score (nSPS) is 24.2. The van der Waals surface area contributed by atoms with E-state index in [0.717, 1.165) is 6.54 Å². The maximum Gasteiger partial charge on any atom is 0.160 e. The molecular formula is C12H14N2S. The number of thioether (sulfide) groups is 1. The summed E-state index contributed by atoms with van der Waals surface area (Å²) in [4.78, 5) is 7.15. The second kappa shape index (κ2) is 3.56. The highest BCUT2D eigenvalue weighted by atomic mass is 32.2. The van der Waals surface area contributed by atoms with E-state index >= 15 is 0 Å². The van der Waals surface area contributed by atoms with E-state index in [1.807, 2.05) is 11.8 Å². The molecule has 78 valence electrons. The summed E-state index contributed by atoms with van der Waals surface area (Å²) in [6.45, 7) is 4.37.